The predicted molar refractivity (Wildman–Crippen MR) is 47.7 cm³/mol. The molecule has 1 aliphatic rings. The predicted octanol–water partition coefficient (Wildman–Crippen LogP) is 0.906. The minimum Gasteiger partial charge on any atom is -0.481 e. The first-order valence-corrected chi connectivity index (χ1v) is 4.42. The lowest BCUT2D eigenvalue weighted by atomic mass is 9.65. The number of aliphatic carboxylic acids is 1. The average molecular weight is 209 g/mol. The van der Waals surface area contributed by atoms with Gasteiger partial charge in [0.05, 0.1) is 5.69 Å². The van der Waals surface area contributed by atoms with Gasteiger partial charge >= 0.3 is 5.97 Å². The van der Waals surface area contributed by atoms with Crippen LogP contribution >= 0.6 is 0 Å². The number of Topliss-reactive ketones (excluding diaryl/α,β-unsaturated/α-hetero) is 1. The maximum absolute atomic E-state index is 12.9. The highest BCUT2D eigenvalue weighted by molar-refractivity contribution is 6.01. The first-order valence-electron chi connectivity index (χ1n) is 4.42. The summed E-state index contributed by atoms with van der Waals surface area (Å²) in [5, 5.41) is 9.03. The van der Waals surface area contributed by atoms with Crippen LogP contribution < -0.4 is 0 Å². The summed E-state index contributed by atoms with van der Waals surface area (Å²) in [5.41, 5.74) is -1.19. The second-order valence-electron chi connectivity index (χ2n) is 3.64. The lowest BCUT2D eigenvalue weighted by Crippen LogP contribution is -2.48. The minimum atomic E-state index is -1.31. The topological polar surface area (TPSA) is 67.3 Å². The Balaban J connectivity index is 2.43. The Morgan fingerprint density at radius 2 is 2.20 bits per heavy atom. The van der Waals surface area contributed by atoms with Gasteiger partial charge in [-0.3, -0.25) is 14.6 Å². The Hall–Kier alpha value is -1.78. The standard InChI is InChI=1S/C10H8FNO3/c11-6-1-2-12-8(3-6)10(9(14)15)4-7(13)5-10/h1-3H,4-5H2,(H,14,15). The number of carboxylic acids is 1. The van der Waals surface area contributed by atoms with E-state index in [0.717, 1.165) is 12.1 Å². The molecule has 0 unspecified atom stereocenters. The smallest absolute Gasteiger partial charge is 0.316 e. The molecule has 5 heteroatoms. The molecule has 0 spiro atoms. The fourth-order valence-electron chi connectivity index (χ4n) is 1.73. The van der Waals surface area contributed by atoms with E-state index in [1.54, 1.807) is 0 Å². The van der Waals surface area contributed by atoms with E-state index < -0.39 is 17.2 Å². The van der Waals surface area contributed by atoms with Crippen LogP contribution in [0.4, 0.5) is 4.39 Å². The number of aromatic nitrogens is 1. The van der Waals surface area contributed by atoms with Gasteiger partial charge in [0.1, 0.15) is 17.0 Å². The third-order valence-electron chi connectivity index (χ3n) is 2.62. The van der Waals surface area contributed by atoms with Gasteiger partial charge in [-0.05, 0) is 12.1 Å². The molecule has 0 saturated heterocycles. The molecule has 1 aliphatic carbocycles. The summed E-state index contributed by atoms with van der Waals surface area (Å²) < 4.78 is 12.9. The zero-order chi connectivity index (χ0) is 11.1. The van der Waals surface area contributed by atoms with Crippen LogP contribution in [0.2, 0.25) is 0 Å². The number of halogens is 1. The van der Waals surface area contributed by atoms with Crippen LogP contribution in [-0.2, 0) is 15.0 Å². The highest BCUT2D eigenvalue weighted by atomic mass is 19.1. The highest BCUT2D eigenvalue weighted by Gasteiger charge is 2.52. The van der Waals surface area contributed by atoms with Crippen molar-refractivity contribution >= 4 is 11.8 Å². The molecule has 0 atom stereocenters. The van der Waals surface area contributed by atoms with E-state index >= 15 is 0 Å². The van der Waals surface area contributed by atoms with E-state index in [-0.39, 0.29) is 24.3 Å². The van der Waals surface area contributed by atoms with Crippen molar-refractivity contribution in [2.24, 2.45) is 0 Å². The molecule has 0 amide bonds. The summed E-state index contributed by atoms with van der Waals surface area (Å²) in [7, 11) is 0. The minimum absolute atomic E-state index is 0.0984. The molecular weight excluding hydrogens is 201 g/mol. The summed E-state index contributed by atoms with van der Waals surface area (Å²) in [6.07, 6.45) is 1.01. The molecule has 15 heavy (non-hydrogen) atoms. The maximum atomic E-state index is 12.9. The fraction of sp³-hybridized carbons (Fsp3) is 0.300. The number of carboxylic acid groups (broad SMARTS) is 1. The zero-order valence-electron chi connectivity index (χ0n) is 7.74. The summed E-state index contributed by atoms with van der Waals surface area (Å²) >= 11 is 0. The SMILES string of the molecule is O=C1CC(C(=O)O)(c2cc(F)ccn2)C1. The van der Waals surface area contributed by atoms with Gasteiger partial charge in [0.15, 0.2) is 0 Å². The first kappa shape index (κ1) is 9.76. The molecular formula is C10H8FNO3. The highest BCUT2D eigenvalue weighted by Crippen LogP contribution is 2.40. The van der Waals surface area contributed by atoms with Crippen LogP contribution in [0.1, 0.15) is 18.5 Å². The van der Waals surface area contributed by atoms with Crippen molar-refractivity contribution in [3.63, 3.8) is 0 Å². The van der Waals surface area contributed by atoms with Crippen molar-refractivity contribution in [1.29, 1.82) is 0 Å². The van der Waals surface area contributed by atoms with Gasteiger partial charge in [0.2, 0.25) is 0 Å². The number of nitrogens with zero attached hydrogens (tertiary/aromatic N) is 1. The van der Waals surface area contributed by atoms with Crippen LogP contribution in [0.15, 0.2) is 18.3 Å². The number of carbonyl (C=O) groups excluding carboxylic acids is 1. The van der Waals surface area contributed by atoms with Gasteiger partial charge < -0.3 is 5.11 Å². The van der Waals surface area contributed by atoms with Gasteiger partial charge in [-0.1, -0.05) is 0 Å². The Bertz CT molecular complexity index is 436. The van der Waals surface area contributed by atoms with Gasteiger partial charge in [0.25, 0.3) is 0 Å². The van der Waals surface area contributed by atoms with E-state index in [1.165, 1.54) is 6.20 Å². The van der Waals surface area contributed by atoms with Crippen LogP contribution in [0, 0.1) is 5.82 Å². The van der Waals surface area contributed by atoms with E-state index in [0.29, 0.717) is 0 Å². The van der Waals surface area contributed by atoms with Gasteiger partial charge in [-0.25, -0.2) is 4.39 Å². The van der Waals surface area contributed by atoms with Crippen LogP contribution in [0.5, 0.6) is 0 Å². The van der Waals surface area contributed by atoms with Crippen molar-refractivity contribution in [3.8, 4) is 0 Å². The van der Waals surface area contributed by atoms with E-state index in [9.17, 15) is 14.0 Å². The monoisotopic (exact) mass is 209 g/mol. The fourth-order valence-corrected chi connectivity index (χ4v) is 1.73. The number of carbonyl (C=O) groups is 2. The number of pyridine rings is 1. The van der Waals surface area contributed by atoms with Crippen LogP contribution in [0.3, 0.4) is 0 Å². The van der Waals surface area contributed by atoms with E-state index in [1.807, 2.05) is 0 Å². The molecule has 1 aromatic rings. The number of rotatable bonds is 2. The average Bonchev–Trinajstić information content (AvgIpc) is 2.12. The number of ketones is 1. The largest absolute Gasteiger partial charge is 0.481 e. The molecule has 4 nitrogen and oxygen atoms in total. The molecule has 1 heterocycles. The third-order valence-corrected chi connectivity index (χ3v) is 2.62. The molecule has 0 radical (unpaired) electrons. The molecule has 0 bridgehead atoms. The molecule has 0 aliphatic heterocycles. The Kier molecular flexibility index (Phi) is 2.03. The molecule has 78 valence electrons. The van der Waals surface area contributed by atoms with Crippen molar-refractivity contribution in [3.05, 3.63) is 29.8 Å². The van der Waals surface area contributed by atoms with Crippen LogP contribution in [0.25, 0.3) is 0 Å². The van der Waals surface area contributed by atoms with Gasteiger partial charge in [-0.2, -0.15) is 0 Å². The van der Waals surface area contributed by atoms with Crippen molar-refractivity contribution in [1.82, 2.24) is 4.98 Å². The lowest BCUT2D eigenvalue weighted by molar-refractivity contribution is -0.153. The van der Waals surface area contributed by atoms with Gasteiger partial charge in [-0.15, -0.1) is 0 Å². The van der Waals surface area contributed by atoms with Crippen LogP contribution in [-0.4, -0.2) is 21.8 Å². The number of hydrogen-bond donors (Lipinski definition) is 1. The second kappa shape index (κ2) is 3.12. The normalized spacial score (nSPS) is 18.3. The van der Waals surface area contributed by atoms with E-state index in [2.05, 4.69) is 4.98 Å². The third kappa shape index (κ3) is 1.40. The first-order chi connectivity index (χ1) is 7.04. The zero-order valence-corrected chi connectivity index (χ0v) is 7.74. The van der Waals surface area contributed by atoms with Crippen molar-refractivity contribution in [2.45, 2.75) is 18.3 Å². The summed E-state index contributed by atoms with van der Waals surface area (Å²) in [6, 6.07) is 2.21. The molecule has 1 aromatic heterocycles. The Morgan fingerprint density at radius 3 is 2.67 bits per heavy atom. The second-order valence-corrected chi connectivity index (χ2v) is 3.64. The summed E-state index contributed by atoms with van der Waals surface area (Å²) in [4.78, 5) is 25.8. The molecule has 1 saturated carbocycles. The molecule has 2 rings (SSSR count). The maximum Gasteiger partial charge on any atom is 0.316 e. The summed E-state index contributed by atoms with van der Waals surface area (Å²) in [5.74, 6) is -1.80. The summed E-state index contributed by atoms with van der Waals surface area (Å²) in [6.45, 7) is 0. The van der Waals surface area contributed by atoms with Crippen molar-refractivity contribution < 1.29 is 19.1 Å². The molecule has 0 aromatic carbocycles. The lowest BCUT2D eigenvalue weighted by Gasteiger charge is -2.35. The van der Waals surface area contributed by atoms with E-state index in [4.69, 9.17) is 5.11 Å². The van der Waals surface area contributed by atoms with Gasteiger partial charge in [0, 0.05) is 19.0 Å². The molecule has 1 N–H and O–H groups in total. The Morgan fingerprint density at radius 1 is 1.53 bits per heavy atom. The number of hydrogen-bond acceptors (Lipinski definition) is 3. The quantitative estimate of drug-likeness (QED) is 0.785. The Labute approximate surface area is 84.8 Å². The molecule has 1 fully saturated rings. The van der Waals surface area contributed by atoms with Crippen molar-refractivity contribution in [2.75, 3.05) is 0 Å².